The molecule has 0 fully saturated rings. The van der Waals surface area contributed by atoms with Crippen LogP contribution in [-0.2, 0) is 34.3 Å². The van der Waals surface area contributed by atoms with Crippen molar-refractivity contribution >= 4 is 15.9 Å². The maximum Gasteiger partial charge on any atom is 0.260 e. The second-order valence-electron chi connectivity index (χ2n) is 7.86. The van der Waals surface area contributed by atoms with E-state index in [-0.39, 0.29) is 24.0 Å². The summed E-state index contributed by atoms with van der Waals surface area (Å²) in [6.07, 6.45) is 0.837. The van der Waals surface area contributed by atoms with Crippen LogP contribution < -0.4 is 9.46 Å². The highest BCUT2D eigenvalue weighted by molar-refractivity contribution is 7.89. The normalized spacial score (nSPS) is 13.5. The molecule has 1 amide bonds. The van der Waals surface area contributed by atoms with Crippen LogP contribution in [0.3, 0.4) is 0 Å². The number of carbonyl (C=O) groups excluding carboxylic acids is 1. The smallest absolute Gasteiger partial charge is 0.260 e. The van der Waals surface area contributed by atoms with E-state index in [1.54, 1.807) is 24.0 Å². The summed E-state index contributed by atoms with van der Waals surface area (Å²) >= 11 is 0. The summed E-state index contributed by atoms with van der Waals surface area (Å²) in [6.45, 7) is 3.16. The predicted molar refractivity (Wildman–Crippen MR) is 123 cm³/mol. The first-order valence-corrected chi connectivity index (χ1v) is 12.0. The Bertz CT molecular complexity index is 1210. The summed E-state index contributed by atoms with van der Waals surface area (Å²) < 4.78 is 33.6. The SMILES string of the molecule is Cc1cc(S(=O)(=O)NCc2ccccc2)ccc1OCC(=O)N1CCc2ccccc2C1. The standard InChI is InChI=1S/C25H26N2O4S/c1-19-15-23(32(29,30)26-16-20-7-3-2-4-8-20)11-12-24(19)31-18-25(28)27-14-13-21-9-5-6-10-22(21)17-27/h2-12,15,26H,13-14,16-18H2,1H3. The molecule has 0 radical (unpaired) electrons. The third kappa shape index (κ3) is 5.18. The van der Waals surface area contributed by atoms with Gasteiger partial charge >= 0.3 is 0 Å². The topological polar surface area (TPSA) is 75.7 Å². The lowest BCUT2D eigenvalue weighted by Gasteiger charge is -2.28. The van der Waals surface area contributed by atoms with Gasteiger partial charge in [-0.2, -0.15) is 0 Å². The molecule has 1 aliphatic heterocycles. The highest BCUT2D eigenvalue weighted by Gasteiger charge is 2.21. The van der Waals surface area contributed by atoms with Gasteiger partial charge in [-0.15, -0.1) is 0 Å². The summed E-state index contributed by atoms with van der Waals surface area (Å²) in [5, 5.41) is 0. The van der Waals surface area contributed by atoms with Crippen molar-refractivity contribution in [3.63, 3.8) is 0 Å². The molecule has 3 aromatic carbocycles. The van der Waals surface area contributed by atoms with Crippen molar-refractivity contribution < 1.29 is 17.9 Å². The highest BCUT2D eigenvalue weighted by atomic mass is 32.2. The molecule has 0 atom stereocenters. The van der Waals surface area contributed by atoms with E-state index < -0.39 is 10.0 Å². The number of carbonyl (C=O) groups is 1. The van der Waals surface area contributed by atoms with Gasteiger partial charge in [-0.3, -0.25) is 4.79 Å². The maximum atomic E-state index is 12.6. The Balaban J connectivity index is 1.35. The number of rotatable bonds is 7. The lowest BCUT2D eigenvalue weighted by atomic mass is 10.00. The number of fused-ring (bicyclic) bond motifs is 1. The largest absolute Gasteiger partial charge is 0.483 e. The fraction of sp³-hybridized carbons (Fsp3) is 0.240. The number of nitrogens with zero attached hydrogens (tertiary/aromatic N) is 1. The summed E-state index contributed by atoms with van der Waals surface area (Å²) in [6, 6.07) is 22.1. The van der Waals surface area contributed by atoms with Gasteiger partial charge in [-0.1, -0.05) is 54.6 Å². The van der Waals surface area contributed by atoms with Gasteiger partial charge in [0.15, 0.2) is 6.61 Å². The minimum Gasteiger partial charge on any atom is -0.483 e. The van der Waals surface area contributed by atoms with Gasteiger partial charge in [-0.05, 0) is 53.8 Å². The Labute approximate surface area is 188 Å². The van der Waals surface area contributed by atoms with E-state index in [1.807, 2.05) is 48.5 Å². The predicted octanol–water partition coefficient (Wildman–Crippen LogP) is 3.44. The van der Waals surface area contributed by atoms with Crippen LogP contribution in [0.4, 0.5) is 0 Å². The maximum absolute atomic E-state index is 12.6. The monoisotopic (exact) mass is 450 g/mol. The van der Waals surface area contributed by atoms with E-state index in [0.29, 0.717) is 24.4 Å². The second kappa shape index (κ2) is 9.54. The average molecular weight is 451 g/mol. The third-order valence-corrected chi connectivity index (χ3v) is 7.00. The first kappa shape index (κ1) is 22.0. The molecule has 32 heavy (non-hydrogen) atoms. The Hall–Kier alpha value is -3.16. The summed E-state index contributed by atoms with van der Waals surface area (Å²) in [7, 11) is -3.66. The lowest BCUT2D eigenvalue weighted by Crippen LogP contribution is -2.38. The molecule has 7 heteroatoms. The number of nitrogens with one attached hydrogen (secondary N) is 1. The molecular formula is C25H26N2O4S. The van der Waals surface area contributed by atoms with E-state index >= 15 is 0 Å². The Morgan fingerprint density at radius 2 is 1.72 bits per heavy atom. The van der Waals surface area contributed by atoms with Gasteiger partial charge in [-0.25, -0.2) is 13.1 Å². The van der Waals surface area contributed by atoms with Crippen LogP contribution in [0.1, 0.15) is 22.3 Å². The number of amides is 1. The fourth-order valence-corrected chi connectivity index (χ4v) is 4.85. The number of sulfonamides is 1. The first-order valence-electron chi connectivity index (χ1n) is 10.5. The van der Waals surface area contributed by atoms with Crippen molar-refractivity contribution in [1.29, 1.82) is 0 Å². The van der Waals surface area contributed by atoms with Crippen molar-refractivity contribution in [3.05, 3.63) is 95.1 Å². The zero-order valence-electron chi connectivity index (χ0n) is 18.0. The Morgan fingerprint density at radius 3 is 2.47 bits per heavy atom. The van der Waals surface area contributed by atoms with Gasteiger partial charge in [0.1, 0.15) is 5.75 Å². The molecule has 4 rings (SSSR count). The van der Waals surface area contributed by atoms with Gasteiger partial charge in [0.25, 0.3) is 5.91 Å². The van der Waals surface area contributed by atoms with Crippen molar-refractivity contribution in [2.45, 2.75) is 31.3 Å². The number of aryl methyl sites for hydroxylation is 1. The van der Waals surface area contributed by atoms with Crippen LogP contribution in [0.25, 0.3) is 0 Å². The Kier molecular flexibility index (Phi) is 6.58. The number of hydrogen-bond acceptors (Lipinski definition) is 4. The molecule has 0 spiro atoms. The molecule has 0 aromatic heterocycles. The van der Waals surface area contributed by atoms with E-state index in [0.717, 1.165) is 12.0 Å². The summed E-state index contributed by atoms with van der Waals surface area (Å²) in [4.78, 5) is 14.6. The van der Waals surface area contributed by atoms with Gasteiger partial charge in [0, 0.05) is 19.6 Å². The summed E-state index contributed by atoms with van der Waals surface area (Å²) in [5.41, 5.74) is 3.99. The Morgan fingerprint density at radius 1 is 1.00 bits per heavy atom. The van der Waals surface area contributed by atoms with Crippen molar-refractivity contribution in [1.82, 2.24) is 9.62 Å². The van der Waals surface area contributed by atoms with E-state index in [4.69, 9.17) is 4.74 Å². The van der Waals surface area contributed by atoms with Crippen LogP contribution in [0.5, 0.6) is 5.75 Å². The van der Waals surface area contributed by atoms with Gasteiger partial charge < -0.3 is 9.64 Å². The lowest BCUT2D eigenvalue weighted by molar-refractivity contribution is -0.134. The number of hydrogen-bond donors (Lipinski definition) is 1. The summed E-state index contributed by atoms with van der Waals surface area (Å²) in [5.74, 6) is 0.415. The highest BCUT2D eigenvalue weighted by Crippen LogP contribution is 2.23. The minimum absolute atomic E-state index is 0.0820. The van der Waals surface area contributed by atoms with E-state index in [2.05, 4.69) is 10.8 Å². The third-order valence-electron chi connectivity index (χ3n) is 5.60. The quantitative estimate of drug-likeness (QED) is 0.598. The molecule has 0 aliphatic carbocycles. The average Bonchev–Trinajstić information content (AvgIpc) is 2.82. The van der Waals surface area contributed by atoms with Crippen molar-refractivity contribution in [2.24, 2.45) is 0 Å². The molecular weight excluding hydrogens is 424 g/mol. The zero-order valence-corrected chi connectivity index (χ0v) is 18.8. The van der Waals surface area contributed by atoms with Crippen LogP contribution >= 0.6 is 0 Å². The van der Waals surface area contributed by atoms with E-state index in [1.165, 1.54) is 17.2 Å². The number of ether oxygens (including phenoxy) is 1. The molecule has 1 heterocycles. The van der Waals surface area contributed by atoms with Gasteiger partial charge in [0.05, 0.1) is 4.90 Å². The number of benzene rings is 3. The van der Waals surface area contributed by atoms with E-state index in [9.17, 15) is 13.2 Å². The molecule has 166 valence electrons. The molecule has 1 aliphatic rings. The van der Waals surface area contributed by atoms with Crippen LogP contribution in [0, 0.1) is 6.92 Å². The van der Waals surface area contributed by atoms with Crippen LogP contribution in [0.15, 0.2) is 77.7 Å². The zero-order chi connectivity index (χ0) is 22.6. The van der Waals surface area contributed by atoms with Crippen LogP contribution in [0.2, 0.25) is 0 Å². The first-order chi connectivity index (χ1) is 15.4. The minimum atomic E-state index is -3.66. The molecule has 6 nitrogen and oxygen atoms in total. The molecule has 0 saturated heterocycles. The van der Waals surface area contributed by atoms with Gasteiger partial charge in [0.2, 0.25) is 10.0 Å². The second-order valence-corrected chi connectivity index (χ2v) is 9.63. The molecule has 1 N–H and O–H groups in total. The van der Waals surface area contributed by atoms with Crippen molar-refractivity contribution in [3.8, 4) is 5.75 Å². The fourth-order valence-electron chi connectivity index (χ4n) is 3.75. The molecule has 3 aromatic rings. The van der Waals surface area contributed by atoms with Crippen LogP contribution in [-0.4, -0.2) is 32.4 Å². The van der Waals surface area contributed by atoms with Crippen molar-refractivity contribution in [2.75, 3.05) is 13.2 Å². The molecule has 0 unspecified atom stereocenters. The molecule has 0 bridgehead atoms. The molecule has 0 saturated carbocycles.